The molecule has 1 N–H and O–H groups in total. The van der Waals surface area contributed by atoms with Crippen LogP contribution in [0.15, 0.2) is 30.3 Å². The fourth-order valence-corrected chi connectivity index (χ4v) is 3.13. The number of halogens is 3. The summed E-state index contributed by atoms with van der Waals surface area (Å²) in [6, 6.07) is 9.32. The number of aromatic amines is 1. The molecule has 6 heteroatoms. The third-order valence-electron chi connectivity index (χ3n) is 3.41. The number of rotatable bonds is 5. The quantitative estimate of drug-likeness (QED) is 0.486. The van der Waals surface area contributed by atoms with Crippen molar-refractivity contribution in [1.82, 2.24) is 15.0 Å². The number of unbranched alkanes of at least 4 members (excludes halogenated alkanes) is 1. The maximum Gasteiger partial charge on any atom is 0.179 e. The van der Waals surface area contributed by atoms with Crippen molar-refractivity contribution < 1.29 is 0 Å². The largest absolute Gasteiger partial charge is 0.341 e. The van der Waals surface area contributed by atoms with E-state index in [-0.39, 0.29) is 0 Å². The Labute approximate surface area is 143 Å². The van der Waals surface area contributed by atoms with Crippen LogP contribution in [0.5, 0.6) is 0 Å². The second-order valence-electron chi connectivity index (χ2n) is 5.17. The molecule has 22 heavy (non-hydrogen) atoms. The van der Waals surface area contributed by atoms with Crippen LogP contribution in [0, 0.1) is 0 Å². The molecule has 1 aromatic carbocycles. The van der Waals surface area contributed by atoms with E-state index in [1.165, 1.54) is 0 Å². The lowest BCUT2D eigenvalue weighted by atomic mass is 10.1. The Hall–Kier alpha value is -1.29. The number of nitrogens with one attached hydrogen (secondary N) is 1. The van der Waals surface area contributed by atoms with E-state index in [1.807, 2.05) is 18.2 Å². The molecule has 0 aliphatic carbocycles. The lowest BCUT2D eigenvalue weighted by Gasteiger charge is -2.03. The van der Waals surface area contributed by atoms with Crippen LogP contribution in [0.25, 0.3) is 11.2 Å². The third-order valence-corrected chi connectivity index (χ3v) is 4.06. The molecule has 0 amide bonds. The van der Waals surface area contributed by atoms with Crippen LogP contribution in [-0.2, 0) is 12.8 Å². The molecule has 114 valence electrons. The molecule has 3 rings (SSSR count). The highest BCUT2D eigenvalue weighted by molar-refractivity contribution is 6.34. The highest BCUT2D eigenvalue weighted by atomic mass is 35.5. The van der Waals surface area contributed by atoms with E-state index < -0.39 is 0 Å². The Morgan fingerprint density at radius 3 is 2.36 bits per heavy atom. The summed E-state index contributed by atoms with van der Waals surface area (Å²) in [6.45, 7) is 0. The van der Waals surface area contributed by atoms with Crippen molar-refractivity contribution in [2.24, 2.45) is 0 Å². The zero-order chi connectivity index (χ0) is 15.5. The van der Waals surface area contributed by atoms with E-state index in [0.717, 1.165) is 42.6 Å². The Kier molecular flexibility index (Phi) is 4.87. The van der Waals surface area contributed by atoms with Crippen molar-refractivity contribution >= 4 is 46.0 Å². The molecule has 0 saturated carbocycles. The summed E-state index contributed by atoms with van der Waals surface area (Å²) in [5, 5.41) is 1.83. The van der Waals surface area contributed by atoms with Crippen molar-refractivity contribution in [2.45, 2.75) is 25.7 Å². The normalized spacial score (nSPS) is 11.2. The first-order valence-corrected chi connectivity index (χ1v) is 8.20. The minimum Gasteiger partial charge on any atom is -0.341 e. The first-order valence-electron chi connectivity index (χ1n) is 7.06. The van der Waals surface area contributed by atoms with Crippen molar-refractivity contribution in [3.05, 3.63) is 56.9 Å². The SMILES string of the molecule is Clc1cc(Cl)cc(CCCCc2nc3nc(Cl)ccc3[nH]2)c1. The standard InChI is InChI=1S/C16H14Cl3N3/c17-11-7-10(8-12(18)9-11)3-1-2-4-15-20-13-5-6-14(19)21-16(13)22-15/h5-9H,1-4H2,(H,20,21,22). The Morgan fingerprint density at radius 2 is 1.59 bits per heavy atom. The Morgan fingerprint density at radius 1 is 0.864 bits per heavy atom. The second kappa shape index (κ2) is 6.86. The average Bonchev–Trinajstić information content (AvgIpc) is 2.84. The number of H-pyrrole nitrogens is 1. The zero-order valence-corrected chi connectivity index (χ0v) is 14.0. The van der Waals surface area contributed by atoms with Gasteiger partial charge in [-0.1, -0.05) is 34.8 Å². The van der Waals surface area contributed by atoms with Gasteiger partial charge in [0.05, 0.1) is 5.52 Å². The molecule has 0 unspecified atom stereocenters. The molecule has 0 bridgehead atoms. The lowest BCUT2D eigenvalue weighted by molar-refractivity contribution is 0.714. The van der Waals surface area contributed by atoms with Crippen molar-refractivity contribution in [3.8, 4) is 0 Å². The summed E-state index contributed by atoms with van der Waals surface area (Å²) in [5.41, 5.74) is 2.75. The van der Waals surface area contributed by atoms with E-state index in [1.54, 1.807) is 12.1 Å². The summed E-state index contributed by atoms with van der Waals surface area (Å²) in [7, 11) is 0. The van der Waals surface area contributed by atoms with Gasteiger partial charge in [-0.15, -0.1) is 0 Å². The molecular formula is C16H14Cl3N3. The predicted molar refractivity (Wildman–Crippen MR) is 92.0 cm³/mol. The number of aryl methyl sites for hydroxylation is 2. The van der Waals surface area contributed by atoms with Gasteiger partial charge in [0.2, 0.25) is 0 Å². The Balaban J connectivity index is 1.55. The number of pyridine rings is 1. The van der Waals surface area contributed by atoms with Gasteiger partial charge in [0.15, 0.2) is 5.65 Å². The number of hydrogen-bond donors (Lipinski definition) is 1. The van der Waals surface area contributed by atoms with Crippen LogP contribution in [0.2, 0.25) is 15.2 Å². The fourth-order valence-electron chi connectivity index (χ4n) is 2.41. The summed E-state index contributed by atoms with van der Waals surface area (Å²) >= 11 is 17.9. The minimum absolute atomic E-state index is 0.461. The number of hydrogen-bond acceptors (Lipinski definition) is 2. The first kappa shape index (κ1) is 15.6. The first-order chi connectivity index (χ1) is 10.6. The number of imidazole rings is 1. The van der Waals surface area contributed by atoms with Gasteiger partial charge >= 0.3 is 0 Å². The second-order valence-corrected chi connectivity index (χ2v) is 6.43. The average molecular weight is 355 g/mol. The van der Waals surface area contributed by atoms with Crippen LogP contribution in [-0.4, -0.2) is 15.0 Å². The predicted octanol–water partition coefficient (Wildman–Crippen LogP) is 5.48. The number of nitrogens with zero attached hydrogens (tertiary/aromatic N) is 2. The van der Waals surface area contributed by atoms with E-state index in [0.29, 0.717) is 20.8 Å². The van der Waals surface area contributed by atoms with Crippen molar-refractivity contribution in [2.75, 3.05) is 0 Å². The molecule has 0 atom stereocenters. The number of benzene rings is 1. The molecule has 3 nitrogen and oxygen atoms in total. The van der Waals surface area contributed by atoms with Gasteiger partial charge in [-0.05, 0) is 55.2 Å². The zero-order valence-electron chi connectivity index (χ0n) is 11.7. The van der Waals surface area contributed by atoms with Crippen LogP contribution in [0.1, 0.15) is 24.2 Å². The van der Waals surface area contributed by atoms with Crippen LogP contribution in [0.4, 0.5) is 0 Å². The molecule has 0 radical (unpaired) electrons. The van der Waals surface area contributed by atoms with Gasteiger partial charge in [-0.2, -0.15) is 0 Å². The monoisotopic (exact) mass is 353 g/mol. The maximum atomic E-state index is 6.00. The van der Waals surface area contributed by atoms with E-state index in [4.69, 9.17) is 34.8 Å². The molecule has 0 spiro atoms. The lowest BCUT2D eigenvalue weighted by Crippen LogP contribution is -1.91. The fraction of sp³-hybridized carbons (Fsp3) is 0.250. The van der Waals surface area contributed by atoms with Crippen LogP contribution < -0.4 is 0 Å². The van der Waals surface area contributed by atoms with Gasteiger partial charge < -0.3 is 4.98 Å². The topological polar surface area (TPSA) is 41.6 Å². The smallest absolute Gasteiger partial charge is 0.179 e. The number of fused-ring (bicyclic) bond motifs is 1. The molecule has 0 aliphatic rings. The van der Waals surface area contributed by atoms with Gasteiger partial charge in [0, 0.05) is 16.5 Å². The Bertz CT molecular complexity index is 778. The molecule has 3 aromatic rings. The van der Waals surface area contributed by atoms with Crippen molar-refractivity contribution in [3.63, 3.8) is 0 Å². The highest BCUT2D eigenvalue weighted by Gasteiger charge is 2.05. The van der Waals surface area contributed by atoms with Gasteiger partial charge in [0.1, 0.15) is 11.0 Å². The molecule has 0 saturated heterocycles. The van der Waals surface area contributed by atoms with Crippen LogP contribution in [0.3, 0.4) is 0 Å². The molecule has 0 aliphatic heterocycles. The van der Waals surface area contributed by atoms with E-state index >= 15 is 0 Å². The summed E-state index contributed by atoms with van der Waals surface area (Å²) in [6.07, 6.45) is 3.90. The summed E-state index contributed by atoms with van der Waals surface area (Å²) in [5.74, 6) is 0.939. The third kappa shape index (κ3) is 3.92. The summed E-state index contributed by atoms with van der Waals surface area (Å²) < 4.78 is 0. The van der Waals surface area contributed by atoms with Crippen molar-refractivity contribution in [1.29, 1.82) is 0 Å². The molecule has 2 aromatic heterocycles. The molecular weight excluding hydrogens is 341 g/mol. The van der Waals surface area contributed by atoms with Crippen LogP contribution >= 0.6 is 34.8 Å². The van der Waals surface area contributed by atoms with Gasteiger partial charge in [-0.25, -0.2) is 9.97 Å². The minimum atomic E-state index is 0.461. The summed E-state index contributed by atoms with van der Waals surface area (Å²) in [4.78, 5) is 11.9. The highest BCUT2D eigenvalue weighted by Crippen LogP contribution is 2.20. The van der Waals surface area contributed by atoms with Gasteiger partial charge in [0.25, 0.3) is 0 Å². The molecule has 0 fully saturated rings. The number of aromatic nitrogens is 3. The van der Waals surface area contributed by atoms with E-state index in [9.17, 15) is 0 Å². The maximum absolute atomic E-state index is 6.00. The molecule has 2 heterocycles. The van der Waals surface area contributed by atoms with Gasteiger partial charge in [-0.3, -0.25) is 0 Å². The van der Waals surface area contributed by atoms with E-state index in [2.05, 4.69) is 15.0 Å².